The van der Waals surface area contributed by atoms with Crippen LogP contribution in [-0.4, -0.2) is 25.3 Å². The molecule has 1 saturated heterocycles. The fraction of sp³-hybridized carbons (Fsp3) is 0.533. The molecule has 2 N–H and O–H groups in total. The number of ether oxygens (including phenoxy) is 1. The SMILES string of the molecule is CCC1COC(C)CN1c1ccc(N)c(CC#N)c1. The van der Waals surface area contributed by atoms with E-state index in [1.807, 2.05) is 18.2 Å². The highest BCUT2D eigenvalue weighted by Crippen LogP contribution is 2.27. The van der Waals surface area contributed by atoms with Crippen LogP contribution in [0.3, 0.4) is 0 Å². The lowest BCUT2D eigenvalue weighted by Gasteiger charge is -2.40. The maximum atomic E-state index is 8.85. The number of rotatable bonds is 3. The molecule has 1 aliphatic rings. The van der Waals surface area contributed by atoms with Gasteiger partial charge in [0.05, 0.1) is 31.2 Å². The van der Waals surface area contributed by atoms with Crippen LogP contribution in [0.1, 0.15) is 25.8 Å². The number of nitrogens with zero attached hydrogens (tertiary/aromatic N) is 2. The second-order valence-corrected chi connectivity index (χ2v) is 5.08. The Morgan fingerprint density at radius 3 is 3.00 bits per heavy atom. The van der Waals surface area contributed by atoms with E-state index in [1.165, 1.54) is 0 Å². The highest BCUT2D eigenvalue weighted by molar-refractivity contribution is 5.59. The summed E-state index contributed by atoms with van der Waals surface area (Å²) in [5, 5.41) is 8.85. The van der Waals surface area contributed by atoms with Crippen molar-refractivity contribution in [1.82, 2.24) is 0 Å². The van der Waals surface area contributed by atoms with Gasteiger partial charge in [0.1, 0.15) is 0 Å². The maximum Gasteiger partial charge on any atom is 0.0723 e. The van der Waals surface area contributed by atoms with Crippen molar-refractivity contribution < 1.29 is 4.74 Å². The Bertz CT molecular complexity index is 481. The first-order valence-electron chi connectivity index (χ1n) is 6.79. The van der Waals surface area contributed by atoms with Crippen molar-refractivity contribution in [1.29, 1.82) is 5.26 Å². The zero-order valence-corrected chi connectivity index (χ0v) is 11.6. The van der Waals surface area contributed by atoms with E-state index in [-0.39, 0.29) is 6.10 Å². The Labute approximate surface area is 114 Å². The van der Waals surface area contributed by atoms with E-state index < -0.39 is 0 Å². The van der Waals surface area contributed by atoms with Crippen LogP contribution in [0.15, 0.2) is 18.2 Å². The van der Waals surface area contributed by atoms with Crippen LogP contribution in [0.2, 0.25) is 0 Å². The van der Waals surface area contributed by atoms with Gasteiger partial charge in [-0.3, -0.25) is 0 Å². The van der Waals surface area contributed by atoms with Gasteiger partial charge in [-0.25, -0.2) is 0 Å². The molecule has 1 aliphatic heterocycles. The van der Waals surface area contributed by atoms with E-state index in [0.717, 1.165) is 30.8 Å². The summed E-state index contributed by atoms with van der Waals surface area (Å²) >= 11 is 0. The Balaban J connectivity index is 2.28. The average Bonchev–Trinajstić information content (AvgIpc) is 2.41. The van der Waals surface area contributed by atoms with Crippen LogP contribution in [0.4, 0.5) is 11.4 Å². The van der Waals surface area contributed by atoms with Gasteiger partial charge in [-0.1, -0.05) is 6.92 Å². The summed E-state index contributed by atoms with van der Waals surface area (Å²) in [5.74, 6) is 0. The molecule has 0 spiro atoms. The number of hydrogen-bond donors (Lipinski definition) is 1. The lowest BCUT2D eigenvalue weighted by atomic mass is 10.1. The number of nitriles is 1. The Morgan fingerprint density at radius 1 is 1.53 bits per heavy atom. The molecule has 4 heteroatoms. The van der Waals surface area contributed by atoms with Crippen LogP contribution in [0, 0.1) is 11.3 Å². The molecule has 1 fully saturated rings. The fourth-order valence-electron chi connectivity index (χ4n) is 2.51. The zero-order chi connectivity index (χ0) is 13.8. The first-order valence-corrected chi connectivity index (χ1v) is 6.79. The van der Waals surface area contributed by atoms with Crippen LogP contribution >= 0.6 is 0 Å². The van der Waals surface area contributed by atoms with Crippen LogP contribution in [0.25, 0.3) is 0 Å². The van der Waals surface area contributed by atoms with Crippen molar-refractivity contribution in [2.45, 2.75) is 38.8 Å². The Kier molecular flexibility index (Phi) is 4.28. The van der Waals surface area contributed by atoms with Crippen LogP contribution in [-0.2, 0) is 11.2 Å². The summed E-state index contributed by atoms with van der Waals surface area (Å²) in [4.78, 5) is 2.37. The molecule has 0 aromatic heterocycles. The topological polar surface area (TPSA) is 62.3 Å². The predicted octanol–water partition coefficient (Wildman–Crippen LogP) is 2.34. The lowest BCUT2D eigenvalue weighted by molar-refractivity contribution is 0.0299. The molecule has 102 valence electrons. The van der Waals surface area contributed by atoms with Gasteiger partial charge in [0, 0.05) is 17.9 Å². The van der Waals surface area contributed by atoms with E-state index >= 15 is 0 Å². The molecule has 1 aromatic rings. The van der Waals surface area contributed by atoms with E-state index in [0.29, 0.717) is 18.2 Å². The highest BCUT2D eigenvalue weighted by atomic mass is 16.5. The summed E-state index contributed by atoms with van der Waals surface area (Å²) in [5.41, 5.74) is 8.65. The van der Waals surface area contributed by atoms with Gasteiger partial charge >= 0.3 is 0 Å². The number of morpholine rings is 1. The maximum absolute atomic E-state index is 8.85. The number of nitrogen functional groups attached to an aromatic ring is 1. The van der Waals surface area contributed by atoms with E-state index in [9.17, 15) is 0 Å². The number of benzene rings is 1. The molecule has 0 aliphatic carbocycles. The summed E-state index contributed by atoms with van der Waals surface area (Å²) < 4.78 is 5.72. The molecule has 1 heterocycles. The summed E-state index contributed by atoms with van der Waals surface area (Å²) in [6.45, 7) is 5.90. The quantitative estimate of drug-likeness (QED) is 0.846. The third kappa shape index (κ3) is 2.99. The third-order valence-electron chi connectivity index (χ3n) is 3.67. The average molecular weight is 259 g/mol. The molecule has 0 bridgehead atoms. The first kappa shape index (κ1) is 13.7. The smallest absolute Gasteiger partial charge is 0.0723 e. The summed E-state index contributed by atoms with van der Waals surface area (Å²) in [6.07, 6.45) is 1.64. The Morgan fingerprint density at radius 2 is 2.32 bits per heavy atom. The summed E-state index contributed by atoms with van der Waals surface area (Å²) in [7, 11) is 0. The molecule has 0 radical (unpaired) electrons. The van der Waals surface area contributed by atoms with Gasteiger partial charge in [0.15, 0.2) is 0 Å². The molecule has 0 saturated carbocycles. The van der Waals surface area contributed by atoms with Crippen molar-refractivity contribution in [3.05, 3.63) is 23.8 Å². The number of nitrogens with two attached hydrogens (primary N) is 1. The zero-order valence-electron chi connectivity index (χ0n) is 11.6. The minimum absolute atomic E-state index is 0.236. The fourth-order valence-corrected chi connectivity index (χ4v) is 2.51. The highest BCUT2D eigenvalue weighted by Gasteiger charge is 2.25. The second kappa shape index (κ2) is 5.94. The predicted molar refractivity (Wildman–Crippen MR) is 77.0 cm³/mol. The van der Waals surface area contributed by atoms with E-state index in [4.69, 9.17) is 15.7 Å². The van der Waals surface area contributed by atoms with E-state index in [2.05, 4.69) is 24.8 Å². The second-order valence-electron chi connectivity index (χ2n) is 5.08. The first-order chi connectivity index (χ1) is 9.15. The minimum atomic E-state index is 0.236. The van der Waals surface area contributed by atoms with Crippen molar-refractivity contribution in [3.8, 4) is 6.07 Å². The lowest BCUT2D eigenvalue weighted by Crippen LogP contribution is -2.48. The molecule has 2 unspecified atom stereocenters. The molecule has 1 aromatic carbocycles. The number of hydrogen-bond acceptors (Lipinski definition) is 4. The molecule has 4 nitrogen and oxygen atoms in total. The standard InChI is InChI=1S/C15H21N3O/c1-3-13-10-19-11(2)9-18(13)14-4-5-15(17)12(8-14)6-7-16/h4-5,8,11,13H,3,6,9-10,17H2,1-2H3. The minimum Gasteiger partial charge on any atom is -0.398 e. The van der Waals surface area contributed by atoms with E-state index in [1.54, 1.807) is 0 Å². The Hall–Kier alpha value is -1.73. The van der Waals surface area contributed by atoms with Crippen molar-refractivity contribution >= 4 is 11.4 Å². The van der Waals surface area contributed by atoms with Gasteiger partial charge < -0.3 is 15.4 Å². The summed E-state index contributed by atoms with van der Waals surface area (Å²) in [6, 6.07) is 8.54. The van der Waals surface area contributed by atoms with Gasteiger partial charge in [-0.2, -0.15) is 5.26 Å². The van der Waals surface area contributed by atoms with Crippen LogP contribution < -0.4 is 10.6 Å². The number of anilines is 2. The molecule has 19 heavy (non-hydrogen) atoms. The van der Waals surface area contributed by atoms with Crippen molar-refractivity contribution in [2.24, 2.45) is 0 Å². The van der Waals surface area contributed by atoms with Gasteiger partial charge in [0.2, 0.25) is 0 Å². The van der Waals surface area contributed by atoms with Crippen molar-refractivity contribution in [2.75, 3.05) is 23.8 Å². The molecule has 2 atom stereocenters. The largest absolute Gasteiger partial charge is 0.398 e. The molecule has 0 amide bonds. The van der Waals surface area contributed by atoms with Crippen molar-refractivity contribution in [3.63, 3.8) is 0 Å². The van der Waals surface area contributed by atoms with Gasteiger partial charge in [0.25, 0.3) is 0 Å². The van der Waals surface area contributed by atoms with Gasteiger partial charge in [-0.15, -0.1) is 0 Å². The van der Waals surface area contributed by atoms with Crippen LogP contribution in [0.5, 0.6) is 0 Å². The third-order valence-corrected chi connectivity index (χ3v) is 3.67. The van der Waals surface area contributed by atoms with Gasteiger partial charge in [-0.05, 0) is 37.1 Å². The molecule has 2 rings (SSSR count). The monoisotopic (exact) mass is 259 g/mol. The normalized spacial score (nSPS) is 23.1. The molecular formula is C15H21N3O. The molecular weight excluding hydrogens is 238 g/mol.